The summed E-state index contributed by atoms with van der Waals surface area (Å²) in [5.74, 6) is 0.375. The number of aryl methyl sites for hydroxylation is 1. The molecule has 0 spiro atoms. The second-order valence-electron chi connectivity index (χ2n) is 12.5. The van der Waals surface area contributed by atoms with Crippen LogP contribution >= 0.6 is 11.6 Å². The number of para-hydroxylation sites is 1. The van der Waals surface area contributed by atoms with Crippen molar-refractivity contribution in [2.75, 3.05) is 72.3 Å². The van der Waals surface area contributed by atoms with E-state index in [0.717, 1.165) is 18.1 Å². The zero-order chi connectivity index (χ0) is 36.1. The highest BCUT2D eigenvalue weighted by molar-refractivity contribution is 7.92. The minimum absolute atomic E-state index is 0.149. The number of methoxy groups -OCH3 is 1. The first-order chi connectivity index (χ1) is 23.0. The number of hydrogen-bond donors (Lipinski definition) is 3. The molecule has 1 aromatic heterocycles. The molecule has 1 aliphatic rings. The quantitative estimate of drug-likeness (QED) is 0.196. The number of sulfonamides is 1. The van der Waals surface area contributed by atoms with E-state index in [2.05, 4.69) is 32.5 Å². The summed E-state index contributed by atoms with van der Waals surface area (Å²) in [4.78, 5) is 37.2. The maximum atomic E-state index is 12.6. The normalized spacial score (nSPS) is 12.8. The van der Waals surface area contributed by atoms with Gasteiger partial charge in [-0.15, -0.1) is 0 Å². The molecule has 3 aromatic rings. The van der Waals surface area contributed by atoms with Gasteiger partial charge in [0.2, 0.25) is 21.9 Å². The van der Waals surface area contributed by atoms with Gasteiger partial charge in [0.05, 0.1) is 48.0 Å². The Bertz CT molecular complexity index is 1830. The van der Waals surface area contributed by atoms with E-state index in [0.29, 0.717) is 60.2 Å². The Hall–Kier alpha value is -4.76. The number of benzene rings is 2. The molecule has 0 saturated heterocycles. The number of fused-ring (bicyclic) bond motifs is 1. The van der Waals surface area contributed by atoms with Gasteiger partial charge in [0.15, 0.2) is 5.82 Å². The highest BCUT2D eigenvalue weighted by Crippen LogP contribution is 2.40. The molecule has 0 aliphatic carbocycles. The maximum absolute atomic E-state index is 12.6. The zero-order valence-corrected chi connectivity index (χ0v) is 30.3. The lowest BCUT2D eigenvalue weighted by molar-refractivity contribution is -0.111. The third kappa shape index (κ3) is 9.44. The van der Waals surface area contributed by atoms with Crippen LogP contribution in [0.4, 0.5) is 45.0 Å². The fourth-order valence-electron chi connectivity index (χ4n) is 5.09. The molecule has 264 valence electrons. The number of likely N-dealkylation sites (N-methyl/N-ethyl adjacent to an activating group) is 2. The number of ether oxygens (including phenoxy) is 2. The maximum Gasteiger partial charge on any atom is 0.410 e. The molecule has 4 rings (SSSR count). The minimum atomic E-state index is -3.53. The lowest BCUT2D eigenvalue weighted by Crippen LogP contribution is -2.38. The van der Waals surface area contributed by atoms with Crippen LogP contribution in [0, 0.1) is 0 Å². The molecule has 0 fully saturated rings. The van der Waals surface area contributed by atoms with Crippen molar-refractivity contribution in [1.82, 2.24) is 14.9 Å². The van der Waals surface area contributed by atoms with Crippen LogP contribution in [0.15, 0.2) is 49.2 Å². The van der Waals surface area contributed by atoms with E-state index >= 15 is 0 Å². The van der Waals surface area contributed by atoms with Crippen LogP contribution in [0.2, 0.25) is 5.02 Å². The Labute approximate surface area is 292 Å². The Kier molecular flexibility index (Phi) is 11.5. The van der Waals surface area contributed by atoms with Crippen molar-refractivity contribution in [2.45, 2.75) is 39.2 Å². The predicted octanol–water partition coefficient (Wildman–Crippen LogP) is 5.77. The molecule has 0 bridgehead atoms. The Morgan fingerprint density at radius 1 is 1.12 bits per heavy atom. The van der Waals surface area contributed by atoms with E-state index in [9.17, 15) is 18.0 Å². The smallest absolute Gasteiger partial charge is 0.410 e. The van der Waals surface area contributed by atoms with Gasteiger partial charge in [-0.1, -0.05) is 30.3 Å². The minimum Gasteiger partial charge on any atom is -0.494 e. The highest BCUT2D eigenvalue weighted by atomic mass is 35.5. The number of amides is 2. The number of nitrogens with zero attached hydrogens (tertiary/aromatic N) is 5. The van der Waals surface area contributed by atoms with E-state index in [1.807, 2.05) is 24.1 Å². The molecule has 0 radical (unpaired) electrons. The van der Waals surface area contributed by atoms with Crippen LogP contribution in [0.5, 0.6) is 5.75 Å². The molecule has 16 heteroatoms. The van der Waals surface area contributed by atoms with E-state index in [-0.39, 0.29) is 16.8 Å². The molecule has 2 heterocycles. The fraction of sp³-hybridized carbons (Fsp3) is 0.394. The van der Waals surface area contributed by atoms with E-state index in [1.165, 1.54) is 28.8 Å². The summed E-state index contributed by atoms with van der Waals surface area (Å²) >= 11 is 6.51. The standard InChI is InChI=1S/C33H43ClN8O6S/c1-9-28(43)36-24-18-25(27(47-7)19-26(24)40(5)16-17-41(6)32(44)48-33(2,3)4)38-31-35-20-22(34)30(39-31)37-23-14-10-12-21-13-11-15-42(29(21)23)49(8,45)46/h9-10,12,14,18-20H,1,11,13,15-17H2,2-8H3,(H,36,43)(H2,35,37,38,39). The number of carbonyl (C=O) groups excluding carboxylic acids is 2. The molecule has 1 aliphatic heterocycles. The van der Waals surface area contributed by atoms with Gasteiger partial charge < -0.3 is 35.2 Å². The van der Waals surface area contributed by atoms with Gasteiger partial charge in [0.25, 0.3) is 0 Å². The van der Waals surface area contributed by atoms with Crippen molar-refractivity contribution in [3.05, 3.63) is 59.8 Å². The highest BCUT2D eigenvalue weighted by Gasteiger charge is 2.27. The van der Waals surface area contributed by atoms with Crippen LogP contribution in [-0.4, -0.2) is 88.0 Å². The van der Waals surface area contributed by atoms with Crippen molar-refractivity contribution in [3.63, 3.8) is 0 Å². The third-order valence-corrected chi connectivity index (χ3v) is 8.91. The number of nitrogens with one attached hydrogen (secondary N) is 3. The molecule has 0 atom stereocenters. The Morgan fingerprint density at radius 3 is 2.51 bits per heavy atom. The average Bonchev–Trinajstić information content (AvgIpc) is 3.03. The van der Waals surface area contributed by atoms with Crippen molar-refractivity contribution < 1.29 is 27.5 Å². The monoisotopic (exact) mass is 714 g/mol. The number of anilines is 7. The number of aromatic nitrogens is 2. The van der Waals surface area contributed by atoms with E-state index in [1.54, 1.807) is 46.0 Å². The zero-order valence-electron chi connectivity index (χ0n) is 28.8. The summed E-state index contributed by atoms with van der Waals surface area (Å²) in [6.07, 6.45) is 4.75. The third-order valence-electron chi connectivity index (χ3n) is 7.47. The van der Waals surface area contributed by atoms with Crippen LogP contribution in [0.1, 0.15) is 32.8 Å². The first kappa shape index (κ1) is 37.1. The average molecular weight is 715 g/mol. The molecule has 0 saturated carbocycles. The van der Waals surface area contributed by atoms with Crippen LogP contribution in [0.3, 0.4) is 0 Å². The topological polar surface area (TPSA) is 158 Å². The number of carbonyl (C=O) groups is 2. The van der Waals surface area contributed by atoms with Gasteiger partial charge in [-0.3, -0.25) is 9.10 Å². The predicted molar refractivity (Wildman–Crippen MR) is 195 cm³/mol. The summed E-state index contributed by atoms with van der Waals surface area (Å²) in [6.45, 7) is 10.1. The Morgan fingerprint density at radius 2 is 1.86 bits per heavy atom. The molecular weight excluding hydrogens is 672 g/mol. The van der Waals surface area contributed by atoms with Gasteiger partial charge >= 0.3 is 6.09 Å². The van der Waals surface area contributed by atoms with Gasteiger partial charge in [-0.2, -0.15) is 4.98 Å². The molecule has 49 heavy (non-hydrogen) atoms. The van der Waals surface area contributed by atoms with Gasteiger partial charge in [0.1, 0.15) is 16.4 Å². The largest absolute Gasteiger partial charge is 0.494 e. The summed E-state index contributed by atoms with van der Waals surface area (Å²) < 4.78 is 37.8. The van der Waals surface area contributed by atoms with Crippen molar-refractivity contribution in [2.24, 2.45) is 0 Å². The van der Waals surface area contributed by atoms with Gasteiger partial charge in [-0.05, 0) is 57.4 Å². The molecule has 2 aromatic carbocycles. The van der Waals surface area contributed by atoms with Crippen LogP contribution in [-0.2, 0) is 26.0 Å². The Balaban J connectivity index is 1.63. The fourth-order valence-corrected chi connectivity index (χ4v) is 6.24. The summed E-state index contributed by atoms with van der Waals surface area (Å²) in [5.41, 5.74) is 2.83. The van der Waals surface area contributed by atoms with Gasteiger partial charge in [-0.25, -0.2) is 18.2 Å². The molecular formula is C33H43ClN8O6S. The lowest BCUT2D eigenvalue weighted by atomic mass is 10.0. The van der Waals surface area contributed by atoms with Crippen molar-refractivity contribution >= 4 is 73.8 Å². The summed E-state index contributed by atoms with van der Waals surface area (Å²) in [5, 5.41) is 9.38. The number of halogens is 1. The van der Waals surface area contributed by atoms with E-state index < -0.39 is 27.6 Å². The van der Waals surface area contributed by atoms with Crippen molar-refractivity contribution in [1.29, 1.82) is 0 Å². The molecule has 0 unspecified atom stereocenters. The SMILES string of the molecule is C=CC(=O)Nc1cc(Nc2ncc(Cl)c(Nc3cccc4c3N(S(C)(=O)=O)CCC4)n2)c(OC)cc1N(C)CCN(C)C(=O)OC(C)(C)C. The number of rotatable bonds is 12. The first-order valence-electron chi connectivity index (χ1n) is 15.5. The number of hydrogen-bond acceptors (Lipinski definition) is 11. The second kappa shape index (κ2) is 15.2. The first-order valence-corrected chi connectivity index (χ1v) is 17.7. The van der Waals surface area contributed by atoms with Gasteiger partial charge in [0, 0.05) is 39.8 Å². The summed E-state index contributed by atoms with van der Waals surface area (Å²) in [7, 11) is 1.45. The second-order valence-corrected chi connectivity index (χ2v) is 14.8. The molecule has 14 nitrogen and oxygen atoms in total. The molecule has 2 amide bonds. The van der Waals surface area contributed by atoms with Crippen LogP contribution < -0.4 is 29.9 Å². The van der Waals surface area contributed by atoms with E-state index in [4.69, 9.17) is 21.1 Å². The lowest BCUT2D eigenvalue weighted by Gasteiger charge is -2.31. The van der Waals surface area contributed by atoms with Crippen molar-refractivity contribution in [3.8, 4) is 5.75 Å². The van der Waals surface area contributed by atoms with Crippen LogP contribution in [0.25, 0.3) is 0 Å². The molecule has 3 N–H and O–H groups in total. The summed E-state index contributed by atoms with van der Waals surface area (Å²) in [6, 6.07) is 8.93.